The minimum Gasteiger partial charge on any atom is -0.396 e. The molecule has 1 saturated carbocycles. The molecule has 3 rings (SSSR count). The van der Waals surface area contributed by atoms with E-state index in [2.05, 4.69) is 22.8 Å². The fraction of sp³-hybridized carbons (Fsp3) is 0.533. The molecule has 0 unspecified atom stereocenters. The molecule has 0 atom stereocenters. The highest BCUT2D eigenvalue weighted by atomic mass is 16.3. The van der Waals surface area contributed by atoms with Crippen LogP contribution >= 0.6 is 0 Å². The van der Waals surface area contributed by atoms with E-state index in [9.17, 15) is 9.90 Å². The first-order valence-corrected chi connectivity index (χ1v) is 6.94. The highest BCUT2D eigenvalue weighted by Crippen LogP contribution is 2.44. The first kappa shape index (κ1) is 12.6. The molecule has 1 amide bonds. The number of hydrogen-bond acceptors (Lipinski definition) is 3. The van der Waals surface area contributed by atoms with Crippen molar-refractivity contribution in [2.24, 2.45) is 5.41 Å². The van der Waals surface area contributed by atoms with Gasteiger partial charge in [-0.05, 0) is 36.5 Å². The van der Waals surface area contributed by atoms with Crippen LogP contribution in [0.15, 0.2) is 18.2 Å². The maximum absolute atomic E-state index is 11.3. The van der Waals surface area contributed by atoms with Crippen LogP contribution in [-0.2, 0) is 17.8 Å². The van der Waals surface area contributed by atoms with Crippen LogP contribution in [0.1, 0.15) is 30.4 Å². The summed E-state index contributed by atoms with van der Waals surface area (Å²) in [5.74, 6) is 0.108. The van der Waals surface area contributed by atoms with Gasteiger partial charge in [-0.15, -0.1) is 0 Å². The molecule has 1 aromatic rings. The van der Waals surface area contributed by atoms with E-state index in [1.165, 1.54) is 11.1 Å². The molecule has 1 heterocycles. The summed E-state index contributed by atoms with van der Waals surface area (Å²) >= 11 is 0. The summed E-state index contributed by atoms with van der Waals surface area (Å²) in [6, 6.07) is 6.21. The van der Waals surface area contributed by atoms with Crippen LogP contribution in [0, 0.1) is 5.41 Å². The number of carbonyl (C=O) groups excluding carboxylic acids is 1. The zero-order chi connectivity index (χ0) is 13.3. The van der Waals surface area contributed by atoms with Crippen LogP contribution < -0.4 is 10.6 Å². The Morgan fingerprint density at radius 1 is 1.32 bits per heavy atom. The van der Waals surface area contributed by atoms with Gasteiger partial charge in [-0.25, -0.2) is 0 Å². The number of aliphatic hydroxyl groups is 1. The summed E-state index contributed by atoms with van der Waals surface area (Å²) in [6.07, 6.45) is 3.67. The van der Waals surface area contributed by atoms with Gasteiger partial charge in [0.05, 0.1) is 0 Å². The standard InChI is InChI=1S/C15H20N2O2/c18-10-15(5-6-15)9-16-8-11-1-3-13-12(7-11)2-4-14(19)17-13/h1,3,7,16,18H,2,4-6,8-10H2,(H,17,19). The van der Waals surface area contributed by atoms with Gasteiger partial charge in [0, 0.05) is 37.2 Å². The fourth-order valence-corrected chi connectivity index (χ4v) is 2.59. The highest BCUT2D eigenvalue weighted by Gasteiger charge is 2.41. The molecule has 102 valence electrons. The third-order valence-corrected chi connectivity index (χ3v) is 4.19. The Morgan fingerprint density at radius 2 is 2.16 bits per heavy atom. The Labute approximate surface area is 113 Å². The van der Waals surface area contributed by atoms with E-state index in [1.807, 2.05) is 6.07 Å². The molecule has 4 heteroatoms. The van der Waals surface area contributed by atoms with Gasteiger partial charge in [-0.1, -0.05) is 12.1 Å². The van der Waals surface area contributed by atoms with Crippen molar-refractivity contribution in [2.75, 3.05) is 18.5 Å². The van der Waals surface area contributed by atoms with E-state index < -0.39 is 0 Å². The Hall–Kier alpha value is -1.39. The molecule has 19 heavy (non-hydrogen) atoms. The average Bonchev–Trinajstić information content (AvgIpc) is 3.19. The molecule has 2 aliphatic rings. The lowest BCUT2D eigenvalue weighted by Crippen LogP contribution is -2.26. The number of carbonyl (C=O) groups is 1. The minimum absolute atomic E-state index is 0.108. The van der Waals surface area contributed by atoms with Crippen molar-refractivity contribution in [2.45, 2.75) is 32.2 Å². The fourth-order valence-electron chi connectivity index (χ4n) is 2.59. The molecule has 1 fully saturated rings. The highest BCUT2D eigenvalue weighted by molar-refractivity contribution is 5.93. The molecule has 0 bridgehead atoms. The van der Waals surface area contributed by atoms with Gasteiger partial charge in [0.25, 0.3) is 0 Å². The predicted octanol–water partition coefficient (Wildman–Crippen LogP) is 1.43. The maximum Gasteiger partial charge on any atom is 0.224 e. The topological polar surface area (TPSA) is 61.4 Å². The number of rotatable bonds is 5. The number of nitrogens with one attached hydrogen (secondary N) is 2. The van der Waals surface area contributed by atoms with Crippen molar-refractivity contribution in [1.29, 1.82) is 0 Å². The van der Waals surface area contributed by atoms with Gasteiger partial charge in [0.15, 0.2) is 0 Å². The number of amides is 1. The maximum atomic E-state index is 11.3. The van der Waals surface area contributed by atoms with Crippen molar-refractivity contribution in [3.8, 4) is 0 Å². The summed E-state index contributed by atoms with van der Waals surface area (Å²) < 4.78 is 0. The third-order valence-electron chi connectivity index (χ3n) is 4.19. The van der Waals surface area contributed by atoms with Gasteiger partial charge in [0.2, 0.25) is 5.91 Å². The van der Waals surface area contributed by atoms with Crippen molar-refractivity contribution in [3.05, 3.63) is 29.3 Å². The van der Waals surface area contributed by atoms with Gasteiger partial charge >= 0.3 is 0 Å². The molecule has 4 nitrogen and oxygen atoms in total. The van der Waals surface area contributed by atoms with E-state index in [0.29, 0.717) is 6.42 Å². The summed E-state index contributed by atoms with van der Waals surface area (Å²) in [5, 5.41) is 15.6. The number of aliphatic hydroxyl groups excluding tert-OH is 1. The number of aryl methyl sites for hydroxylation is 1. The van der Waals surface area contributed by atoms with E-state index in [1.54, 1.807) is 0 Å². The molecule has 0 radical (unpaired) electrons. The monoisotopic (exact) mass is 260 g/mol. The number of hydrogen-bond donors (Lipinski definition) is 3. The summed E-state index contributed by atoms with van der Waals surface area (Å²) in [4.78, 5) is 11.3. The lowest BCUT2D eigenvalue weighted by molar-refractivity contribution is -0.116. The summed E-state index contributed by atoms with van der Waals surface area (Å²) in [6.45, 7) is 2.00. The molecule has 1 aromatic carbocycles. The van der Waals surface area contributed by atoms with Gasteiger partial charge in [-0.3, -0.25) is 4.79 Å². The van der Waals surface area contributed by atoms with E-state index in [4.69, 9.17) is 0 Å². The van der Waals surface area contributed by atoms with Crippen molar-refractivity contribution >= 4 is 11.6 Å². The molecular weight excluding hydrogens is 240 g/mol. The van der Waals surface area contributed by atoms with Crippen LogP contribution in [-0.4, -0.2) is 24.2 Å². The number of anilines is 1. The lowest BCUT2D eigenvalue weighted by Gasteiger charge is -2.18. The minimum atomic E-state index is 0.108. The second-order valence-corrected chi connectivity index (χ2v) is 5.80. The zero-order valence-electron chi connectivity index (χ0n) is 11.0. The first-order chi connectivity index (χ1) is 9.21. The van der Waals surface area contributed by atoms with Crippen LogP contribution in [0.5, 0.6) is 0 Å². The molecule has 0 aromatic heterocycles. The van der Waals surface area contributed by atoms with Gasteiger partial charge < -0.3 is 15.7 Å². The average molecular weight is 260 g/mol. The summed E-state index contributed by atoms with van der Waals surface area (Å²) in [5.41, 5.74) is 3.57. The van der Waals surface area contributed by atoms with E-state index in [0.717, 1.165) is 38.0 Å². The van der Waals surface area contributed by atoms with Crippen LogP contribution in [0.2, 0.25) is 0 Å². The Kier molecular flexibility index (Phi) is 3.29. The molecule has 0 saturated heterocycles. The SMILES string of the molecule is O=C1CCc2cc(CNCC3(CO)CC3)ccc2N1. The second-order valence-electron chi connectivity index (χ2n) is 5.80. The van der Waals surface area contributed by atoms with Crippen LogP contribution in [0.3, 0.4) is 0 Å². The van der Waals surface area contributed by atoms with Crippen molar-refractivity contribution < 1.29 is 9.90 Å². The Morgan fingerprint density at radius 3 is 2.89 bits per heavy atom. The quantitative estimate of drug-likeness (QED) is 0.750. The normalized spacial score (nSPS) is 19.7. The summed E-state index contributed by atoms with van der Waals surface area (Å²) in [7, 11) is 0. The smallest absolute Gasteiger partial charge is 0.224 e. The van der Waals surface area contributed by atoms with E-state index in [-0.39, 0.29) is 17.9 Å². The number of benzene rings is 1. The largest absolute Gasteiger partial charge is 0.396 e. The zero-order valence-corrected chi connectivity index (χ0v) is 11.0. The molecular formula is C15H20N2O2. The lowest BCUT2D eigenvalue weighted by atomic mass is 10.0. The molecule has 0 spiro atoms. The second kappa shape index (κ2) is 4.94. The Bertz CT molecular complexity index is 495. The van der Waals surface area contributed by atoms with E-state index >= 15 is 0 Å². The first-order valence-electron chi connectivity index (χ1n) is 6.94. The van der Waals surface area contributed by atoms with Crippen molar-refractivity contribution in [3.63, 3.8) is 0 Å². The Balaban J connectivity index is 1.58. The number of fused-ring (bicyclic) bond motifs is 1. The molecule has 1 aliphatic heterocycles. The van der Waals surface area contributed by atoms with Gasteiger partial charge in [-0.2, -0.15) is 0 Å². The molecule has 3 N–H and O–H groups in total. The van der Waals surface area contributed by atoms with Crippen molar-refractivity contribution in [1.82, 2.24) is 5.32 Å². The van der Waals surface area contributed by atoms with Crippen LogP contribution in [0.4, 0.5) is 5.69 Å². The molecule has 1 aliphatic carbocycles. The predicted molar refractivity (Wildman–Crippen MR) is 73.9 cm³/mol. The van der Waals surface area contributed by atoms with Gasteiger partial charge in [0.1, 0.15) is 0 Å². The van der Waals surface area contributed by atoms with Crippen LogP contribution in [0.25, 0.3) is 0 Å². The third kappa shape index (κ3) is 2.80.